The Morgan fingerprint density at radius 1 is 1.06 bits per heavy atom. The van der Waals surface area contributed by atoms with E-state index in [2.05, 4.69) is 11.8 Å². The van der Waals surface area contributed by atoms with Gasteiger partial charge in [-0.3, -0.25) is 0 Å². The van der Waals surface area contributed by atoms with Crippen LogP contribution in [0.25, 0.3) is 21.9 Å². The van der Waals surface area contributed by atoms with Gasteiger partial charge in [0.2, 0.25) is 5.95 Å². The minimum absolute atomic E-state index is 0.260. The fourth-order valence-corrected chi connectivity index (χ4v) is 4.42. The zero-order valence-electron chi connectivity index (χ0n) is 18.7. The lowest BCUT2D eigenvalue weighted by atomic mass is 9.91. The maximum absolute atomic E-state index is 12.6. The van der Waals surface area contributed by atoms with Gasteiger partial charge in [-0.2, -0.15) is 0 Å². The van der Waals surface area contributed by atoms with E-state index < -0.39 is 0 Å². The molecule has 5 rings (SSSR count). The normalized spacial score (nSPS) is 14.9. The molecule has 2 heterocycles. The SMILES string of the molecule is CCCN(CC1CC1)c1ncc(-c2c3c(cc4cc(OC)c(OC)cc24)COC3=O)cn1. The highest BCUT2D eigenvalue weighted by Gasteiger charge is 2.29. The van der Waals surface area contributed by atoms with Crippen LogP contribution in [0.5, 0.6) is 11.5 Å². The first-order chi connectivity index (χ1) is 15.6. The molecule has 0 amide bonds. The summed E-state index contributed by atoms with van der Waals surface area (Å²) in [4.78, 5) is 24.3. The summed E-state index contributed by atoms with van der Waals surface area (Å²) in [6.45, 7) is 4.36. The molecule has 0 saturated heterocycles. The minimum Gasteiger partial charge on any atom is -0.493 e. The summed E-state index contributed by atoms with van der Waals surface area (Å²) in [6.07, 6.45) is 7.24. The number of aromatic nitrogens is 2. The summed E-state index contributed by atoms with van der Waals surface area (Å²) >= 11 is 0. The van der Waals surface area contributed by atoms with Gasteiger partial charge in [0.25, 0.3) is 0 Å². The van der Waals surface area contributed by atoms with E-state index in [1.165, 1.54) is 12.8 Å². The first kappa shape index (κ1) is 20.5. The second-order valence-corrected chi connectivity index (χ2v) is 8.45. The molecule has 1 fully saturated rings. The van der Waals surface area contributed by atoms with Crippen LogP contribution in [-0.2, 0) is 11.3 Å². The maximum Gasteiger partial charge on any atom is 0.339 e. The summed E-state index contributed by atoms with van der Waals surface area (Å²) in [5.74, 6) is 2.41. The van der Waals surface area contributed by atoms with E-state index in [-0.39, 0.29) is 12.6 Å². The molecule has 0 atom stereocenters. The van der Waals surface area contributed by atoms with Crippen LogP contribution in [0.15, 0.2) is 30.6 Å². The topological polar surface area (TPSA) is 73.8 Å². The maximum atomic E-state index is 12.6. The molecule has 7 heteroatoms. The van der Waals surface area contributed by atoms with Crippen molar-refractivity contribution in [1.29, 1.82) is 0 Å². The minimum atomic E-state index is -0.322. The van der Waals surface area contributed by atoms with Gasteiger partial charge in [0, 0.05) is 42.2 Å². The largest absolute Gasteiger partial charge is 0.493 e. The molecular weight excluding hydrogens is 406 g/mol. The Kier molecular flexibility index (Phi) is 5.33. The zero-order chi connectivity index (χ0) is 22.2. The Bertz CT molecular complexity index is 1170. The van der Waals surface area contributed by atoms with Crippen molar-refractivity contribution in [2.75, 3.05) is 32.2 Å². The van der Waals surface area contributed by atoms with Crippen LogP contribution >= 0.6 is 0 Å². The van der Waals surface area contributed by atoms with Crippen LogP contribution < -0.4 is 14.4 Å². The summed E-state index contributed by atoms with van der Waals surface area (Å²) in [5.41, 5.74) is 2.99. The highest BCUT2D eigenvalue weighted by molar-refractivity contribution is 6.11. The molecule has 1 aliphatic heterocycles. The van der Waals surface area contributed by atoms with Crippen molar-refractivity contribution in [3.8, 4) is 22.6 Å². The highest BCUT2D eigenvalue weighted by atomic mass is 16.5. The molecule has 166 valence electrons. The molecule has 3 aromatic rings. The first-order valence-electron chi connectivity index (χ1n) is 11.1. The Morgan fingerprint density at radius 3 is 2.44 bits per heavy atom. The number of fused-ring (bicyclic) bond motifs is 2. The first-order valence-corrected chi connectivity index (χ1v) is 11.1. The van der Waals surface area contributed by atoms with Gasteiger partial charge in [0.15, 0.2) is 11.5 Å². The number of rotatable bonds is 8. The van der Waals surface area contributed by atoms with Crippen LogP contribution in [0.3, 0.4) is 0 Å². The average molecular weight is 434 g/mol. The Balaban J connectivity index is 1.64. The number of hydrogen-bond donors (Lipinski definition) is 0. The number of methoxy groups -OCH3 is 2. The van der Waals surface area contributed by atoms with Crippen LogP contribution in [0.2, 0.25) is 0 Å². The van der Waals surface area contributed by atoms with E-state index in [9.17, 15) is 4.79 Å². The molecule has 2 aromatic carbocycles. The van der Waals surface area contributed by atoms with Crippen molar-refractivity contribution in [2.45, 2.75) is 32.8 Å². The number of carbonyl (C=O) groups excluding carboxylic acids is 1. The van der Waals surface area contributed by atoms with Crippen LogP contribution in [-0.4, -0.2) is 43.2 Å². The van der Waals surface area contributed by atoms with E-state index >= 15 is 0 Å². The molecule has 32 heavy (non-hydrogen) atoms. The smallest absolute Gasteiger partial charge is 0.339 e. The van der Waals surface area contributed by atoms with Crippen molar-refractivity contribution in [3.63, 3.8) is 0 Å². The second kappa shape index (κ2) is 8.30. The van der Waals surface area contributed by atoms with Gasteiger partial charge < -0.3 is 19.1 Å². The number of esters is 1. The number of nitrogens with zero attached hydrogens (tertiary/aromatic N) is 3. The molecule has 0 N–H and O–H groups in total. The molecule has 2 aliphatic rings. The standard InChI is InChI=1S/C25H27N3O4/c1-4-7-28(13-15-5-6-15)25-26-11-18(12-27-25)22-19-10-21(31-3)20(30-2)9-16(19)8-17-14-32-24(29)23(17)22/h8-12,15H,4-7,13-14H2,1-3H3. The third kappa shape index (κ3) is 3.61. The van der Waals surface area contributed by atoms with Gasteiger partial charge in [-0.25, -0.2) is 14.8 Å². The molecule has 0 unspecified atom stereocenters. The second-order valence-electron chi connectivity index (χ2n) is 8.45. The molecule has 7 nitrogen and oxygen atoms in total. The van der Waals surface area contributed by atoms with E-state index in [4.69, 9.17) is 24.2 Å². The summed E-state index contributed by atoms with van der Waals surface area (Å²) in [5, 5.41) is 1.82. The molecule has 0 bridgehead atoms. The Labute approximate surface area is 187 Å². The monoisotopic (exact) mass is 433 g/mol. The highest BCUT2D eigenvalue weighted by Crippen LogP contribution is 2.42. The Morgan fingerprint density at radius 2 is 1.78 bits per heavy atom. The number of ether oxygens (including phenoxy) is 3. The number of cyclic esters (lactones) is 1. The van der Waals surface area contributed by atoms with Crippen molar-refractivity contribution in [2.24, 2.45) is 5.92 Å². The predicted molar refractivity (Wildman–Crippen MR) is 122 cm³/mol. The fourth-order valence-electron chi connectivity index (χ4n) is 4.42. The summed E-state index contributed by atoms with van der Waals surface area (Å²) in [7, 11) is 3.21. The van der Waals surface area contributed by atoms with E-state index in [1.807, 2.05) is 30.6 Å². The van der Waals surface area contributed by atoms with Crippen LogP contribution in [0, 0.1) is 5.92 Å². The van der Waals surface area contributed by atoms with Gasteiger partial charge in [-0.1, -0.05) is 6.92 Å². The third-order valence-electron chi connectivity index (χ3n) is 6.17. The van der Waals surface area contributed by atoms with E-state index in [0.717, 1.165) is 58.8 Å². The molecule has 0 radical (unpaired) electrons. The molecular formula is C25H27N3O4. The van der Waals surface area contributed by atoms with Gasteiger partial charge >= 0.3 is 5.97 Å². The average Bonchev–Trinajstić information content (AvgIpc) is 3.57. The van der Waals surface area contributed by atoms with Crippen molar-refractivity contribution < 1.29 is 19.0 Å². The molecule has 0 spiro atoms. The quantitative estimate of drug-likeness (QED) is 0.480. The number of hydrogen-bond acceptors (Lipinski definition) is 7. The van der Waals surface area contributed by atoms with Crippen LogP contribution in [0.1, 0.15) is 42.1 Å². The Hall–Kier alpha value is -3.35. The van der Waals surface area contributed by atoms with Crippen molar-refractivity contribution >= 4 is 22.7 Å². The predicted octanol–water partition coefficient (Wildman–Crippen LogP) is 4.61. The number of anilines is 1. The van der Waals surface area contributed by atoms with Gasteiger partial charge in [-0.05, 0) is 54.2 Å². The van der Waals surface area contributed by atoms with Crippen LogP contribution in [0.4, 0.5) is 5.95 Å². The molecule has 1 aromatic heterocycles. The van der Waals surface area contributed by atoms with Gasteiger partial charge in [0.05, 0.1) is 19.8 Å². The van der Waals surface area contributed by atoms with E-state index in [0.29, 0.717) is 17.1 Å². The van der Waals surface area contributed by atoms with Gasteiger partial charge in [0.1, 0.15) is 6.61 Å². The lowest BCUT2D eigenvalue weighted by Crippen LogP contribution is -2.28. The van der Waals surface area contributed by atoms with Gasteiger partial charge in [-0.15, -0.1) is 0 Å². The number of benzene rings is 2. The third-order valence-corrected chi connectivity index (χ3v) is 6.17. The summed E-state index contributed by atoms with van der Waals surface area (Å²) in [6, 6.07) is 5.81. The number of carbonyl (C=O) groups is 1. The molecule has 1 saturated carbocycles. The lowest BCUT2D eigenvalue weighted by molar-refractivity contribution is 0.0535. The van der Waals surface area contributed by atoms with Crippen molar-refractivity contribution in [1.82, 2.24) is 9.97 Å². The zero-order valence-corrected chi connectivity index (χ0v) is 18.7. The summed E-state index contributed by atoms with van der Waals surface area (Å²) < 4.78 is 16.4. The van der Waals surface area contributed by atoms with Crippen molar-refractivity contribution in [3.05, 3.63) is 41.7 Å². The lowest BCUT2D eigenvalue weighted by Gasteiger charge is -2.22. The fraction of sp³-hybridized carbons (Fsp3) is 0.400. The molecule has 1 aliphatic carbocycles. The van der Waals surface area contributed by atoms with E-state index in [1.54, 1.807) is 14.2 Å².